The Hall–Kier alpha value is -3.35. The van der Waals surface area contributed by atoms with Crippen molar-refractivity contribution in [1.82, 2.24) is 10.2 Å². The Morgan fingerprint density at radius 1 is 1.06 bits per heavy atom. The van der Waals surface area contributed by atoms with Crippen LogP contribution >= 0.6 is 0 Å². The number of nitrogens with zero attached hydrogens (tertiary/aromatic N) is 1. The highest BCUT2D eigenvalue weighted by atomic mass is 16.5. The third kappa shape index (κ3) is 5.50. The number of ether oxygens (including phenoxy) is 1. The van der Waals surface area contributed by atoms with E-state index >= 15 is 0 Å². The molecule has 186 valence electrons. The average molecular weight is 479 g/mol. The summed E-state index contributed by atoms with van der Waals surface area (Å²) in [5.41, 5.74) is 4.65. The summed E-state index contributed by atoms with van der Waals surface area (Å²) >= 11 is 0. The number of carboxylic acid groups (broad SMARTS) is 1. The maximum Gasteiger partial charge on any atom is 0.407 e. The molecule has 0 saturated heterocycles. The van der Waals surface area contributed by atoms with E-state index < -0.39 is 12.1 Å². The fourth-order valence-corrected chi connectivity index (χ4v) is 5.15. The Bertz CT molecular complexity index is 1030. The van der Waals surface area contributed by atoms with Gasteiger partial charge in [-0.25, -0.2) is 4.79 Å². The molecule has 35 heavy (non-hydrogen) atoms. The molecule has 0 aromatic heterocycles. The van der Waals surface area contributed by atoms with Crippen molar-refractivity contribution in [1.29, 1.82) is 0 Å². The predicted molar refractivity (Wildman–Crippen MR) is 133 cm³/mol. The zero-order valence-corrected chi connectivity index (χ0v) is 20.4. The molecule has 2 aliphatic rings. The first-order valence-corrected chi connectivity index (χ1v) is 12.5. The highest BCUT2D eigenvalue weighted by Crippen LogP contribution is 2.44. The molecule has 4 rings (SSSR count). The van der Waals surface area contributed by atoms with Gasteiger partial charge < -0.3 is 20.1 Å². The first kappa shape index (κ1) is 24.8. The number of carboxylic acids is 1. The minimum atomic E-state index is -0.806. The molecule has 7 nitrogen and oxygen atoms in total. The predicted octanol–water partition coefficient (Wildman–Crippen LogP) is 4.80. The molecule has 7 heteroatoms. The van der Waals surface area contributed by atoms with E-state index in [1.807, 2.05) is 24.3 Å². The molecule has 2 N–H and O–H groups in total. The zero-order valence-electron chi connectivity index (χ0n) is 20.4. The fraction of sp³-hybridized carbons (Fsp3) is 0.464. The van der Waals surface area contributed by atoms with Crippen LogP contribution in [0.25, 0.3) is 11.1 Å². The van der Waals surface area contributed by atoms with Gasteiger partial charge in [-0.2, -0.15) is 0 Å². The maximum absolute atomic E-state index is 12.8. The molecule has 1 atom stereocenters. The van der Waals surface area contributed by atoms with Crippen LogP contribution in [0, 0.1) is 5.92 Å². The molecular formula is C28H34N2O5. The van der Waals surface area contributed by atoms with Gasteiger partial charge >= 0.3 is 12.1 Å². The molecule has 0 radical (unpaired) electrons. The van der Waals surface area contributed by atoms with E-state index in [0.717, 1.165) is 24.0 Å². The number of amides is 2. The topological polar surface area (TPSA) is 95.9 Å². The summed E-state index contributed by atoms with van der Waals surface area (Å²) in [6, 6.07) is 16.0. The molecule has 2 aliphatic carbocycles. The van der Waals surface area contributed by atoms with Gasteiger partial charge in [0, 0.05) is 31.5 Å². The number of carbonyl (C=O) groups excluding carboxylic acids is 2. The molecule has 2 amide bonds. The number of carbonyl (C=O) groups is 3. The summed E-state index contributed by atoms with van der Waals surface area (Å²) in [5.74, 6) is -1.28. The number of fused-ring (bicyclic) bond motifs is 3. The van der Waals surface area contributed by atoms with Crippen LogP contribution in [0.4, 0.5) is 4.79 Å². The lowest BCUT2D eigenvalue weighted by Gasteiger charge is -2.39. The summed E-state index contributed by atoms with van der Waals surface area (Å²) in [4.78, 5) is 38.3. The molecule has 0 bridgehead atoms. The molecule has 2 aromatic carbocycles. The molecule has 2 aromatic rings. The van der Waals surface area contributed by atoms with Gasteiger partial charge in [0.1, 0.15) is 6.61 Å². The van der Waals surface area contributed by atoms with Gasteiger partial charge in [0.2, 0.25) is 5.91 Å². The van der Waals surface area contributed by atoms with E-state index in [0.29, 0.717) is 19.3 Å². The molecule has 0 heterocycles. The maximum atomic E-state index is 12.8. The van der Waals surface area contributed by atoms with Crippen molar-refractivity contribution in [3.63, 3.8) is 0 Å². The van der Waals surface area contributed by atoms with E-state index in [2.05, 4.69) is 36.5 Å². The van der Waals surface area contributed by atoms with Gasteiger partial charge in [-0.3, -0.25) is 9.59 Å². The molecule has 0 unspecified atom stereocenters. The minimum Gasteiger partial charge on any atom is -0.481 e. The number of alkyl carbamates (subject to hydrolysis) is 1. The van der Waals surface area contributed by atoms with Crippen LogP contribution < -0.4 is 5.32 Å². The highest BCUT2D eigenvalue weighted by Gasteiger charge is 2.38. The van der Waals surface area contributed by atoms with Gasteiger partial charge in [0.15, 0.2) is 0 Å². The van der Waals surface area contributed by atoms with E-state index in [1.165, 1.54) is 11.1 Å². The van der Waals surface area contributed by atoms with E-state index in [4.69, 9.17) is 9.84 Å². The lowest BCUT2D eigenvalue weighted by atomic mass is 9.79. The summed E-state index contributed by atoms with van der Waals surface area (Å²) < 4.78 is 5.67. The lowest BCUT2D eigenvalue weighted by Crippen LogP contribution is -2.49. The number of aliphatic carboxylic acids is 1. The Morgan fingerprint density at radius 2 is 1.66 bits per heavy atom. The Balaban J connectivity index is 1.33. The quantitative estimate of drug-likeness (QED) is 0.512. The molecular weight excluding hydrogens is 444 g/mol. The summed E-state index contributed by atoms with van der Waals surface area (Å²) in [6.07, 6.45) is 3.15. The van der Waals surface area contributed by atoms with Crippen molar-refractivity contribution in [3.05, 3.63) is 59.7 Å². The standard InChI is InChI=1S/C28H34N2O5/c1-3-4-9-19(16-26(31)30(2)20-14-18(15-20)27(32)33)29-28(34)35-17-25-23-12-7-5-10-21(23)22-11-6-8-13-24(22)25/h5-8,10-13,18-20,25H,3-4,9,14-17H2,1-2H3,(H,29,34)(H,32,33)/t18?,19-,20?/m0/s1. The van der Waals surface area contributed by atoms with Crippen LogP contribution in [0.2, 0.25) is 0 Å². The number of rotatable bonds is 10. The van der Waals surface area contributed by atoms with Crippen LogP contribution in [0.15, 0.2) is 48.5 Å². The van der Waals surface area contributed by atoms with Gasteiger partial charge in [-0.05, 0) is 41.5 Å². The van der Waals surface area contributed by atoms with Crippen molar-refractivity contribution in [2.75, 3.05) is 13.7 Å². The van der Waals surface area contributed by atoms with Crippen LogP contribution in [-0.4, -0.2) is 53.7 Å². The smallest absolute Gasteiger partial charge is 0.407 e. The third-order valence-electron chi connectivity index (χ3n) is 7.40. The number of benzene rings is 2. The largest absolute Gasteiger partial charge is 0.481 e. The zero-order chi connectivity index (χ0) is 24.9. The lowest BCUT2D eigenvalue weighted by molar-refractivity contribution is -0.150. The van der Waals surface area contributed by atoms with Crippen LogP contribution in [0.3, 0.4) is 0 Å². The first-order chi connectivity index (χ1) is 16.9. The Kier molecular flexibility index (Phi) is 7.73. The van der Waals surface area contributed by atoms with Gasteiger partial charge in [-0.15, -0.1) is 0 Å². The summed E-state index contributed by atoms with van der Waals surface area (Å²) in [6.45, 7) is 2.30. The van der Waals surface area contributed by atoms with Crippen molar-refractivity contribution in [2.24, 2.45) is 5.92 Å². The minimum absolute atomic E-state index is 0.0178. The van der Waals surface area contributed by atoms with Crippen molar-refractivity contribution in [2.45, 2.75) is 63.5 Å². The second kappa shape index (κ2) is 10.9. The average Bonchev–Trinajstić information content (AvgIpc) is 3.13. The normalized spacial score (nSPS) is 19.1. The van der Waals surface area contributed by atoms with Crippen molar-refractivity contribution in [3.8, 4) is 11.1 Å². The SMILES string of the molecule is CCCC[C@@H](CC(=O)N(C)C1CC(C(=O)O)C1)NC(=O)OCC1c2ccccc2-c2ccccc21. The van der Waals surface area contributed by atoms with Crippen LogP contribution in [-0.2, 0) is 14.3 Å². The number of hydrogen-bond acceptors (Lipinski definition) is 4. The second-order valence-corrected chi connectivity index (χ2v) is 9.68. The van der Waals surface area contributed by atoms with E-state index in [-0.39, 0.29) is 42.9 Å². The van der Waals surface area contributed by atoms with Gasteiger partial charge in [0.05, 0.1) is 5.92 Å². The first-order valence-electron chi connectivity index (χ1n) is 12.5. The molecule has 1 saturated carbocycles. The summed E-state index contributed by atoms with van der Waals surface area (Å²) in [7, 11) is 1.72. The number of nitrogens with one attached hydrogen (secondary N) is 1. The van der Waals surface area contributed by atoms with Gasteiger partial charge in [-0.1, -0.05) is 68.3 Å². The molecule has 0 aliphatic heterocycles. The van der Waals surface area contributed by atoms with Crippen LogP contribution in [0.1, 0.15) is 62.5 Å². The fourth-order valence-electron chi connectivity index (χ4n) is 5.15. The van der Waals surface area contributed by atoms with Gasteiger partial charge in [0.25, 0.3) is 0 Å². The van der Waals surface area contributed by atoms with E-state index in [9.17, 15) is 14.4 Å². The summed E-state index contributed by atoms with van der Waals surface area (Å²) in [5, 5.41) is 12.0. The monoisotopic (exact) mass is 478 g/mol. The Morgan fingerprint density at radius 3 is 2.23 bits per heavy atom. The second-order valence-electron chi connectivity index (χ2n) is 9.68. The Labute approximate surface area is 206 Å². The number of hydrogen-bond donors (Lipinski definition) is 2. The van der Waals surface area contributed by atoms with E-state index in [1.54, 1.807) is 11.9 Å². The molecule has 0 spiro atoms. The number of unbranched alkanes of at least 4 members (excludes halogenated alkanes) is 1. The van der Waals surface area contributed by atoms with Crippen LogP contribution in [0.5, 0.6) is 0 Å². The third-order valence-corrected chi connectivity index (χ3v) is 7.40. The van der Waals surface area contributed by atoms with Crippen molar-refractivity contribution < 1.29 is 24.2 Å². The van der Waals surface area contributed by atoms with Crippen molar-refractivity contribution >= 4 is 18.0 Å². The highest BCUT2D eigenvalue weighted by molar-refractivity contribution is 5.80. The molecule has 1 fully saturated rings.